The predicted molar refractivity (Wildman–Crippen MR) is 66.4 cm³/mol. The van der Waals surface area contributed by atoms with Crippen LogP contribution in [-0.4, -0.2) is 19.7 Å². The topological polar surface area (TPSA) is 21.3 Å². The van der Waals surface area contributed by atoms with Crippen LogP contribution in [0.1, 0.15) is 24.0 Å². The summed E-state index contributed by atoms with van der Waals surface area (Å²) in [4.78, 5) is 0. The van der Waals surface area contributed by atoms with Crippen molar-refractivity contribution >= 4 is 0 Å². The second-order valence-electron chi connectivity index (χ2n) is 4.72. The molecule has 1 heterocycles. The van der Waals surface area contributed by atoms with Gasteiger partial charge in [-0.05, 0) is 37.8 Å². The lowest BCUT2D eigenvalue weighted by Crippen LogP contribution is -2.32. The van der Waals surface area contributed by atoms with Gasteiger partial charge in [0.25, 0.3) is 0 Å². The van der Waals surface area contributed by atoms with Crippen molar-refractivity contribution in [2.45, 2.75) is 26.4 Å². The van der Waals surface area contributed by atoms with Gasteiger partial charge in [0.15, 0.2) is 0 Å². The molecule has 2 nitrogen and oxygen atoms in total. The molecule has 0 aliphatic carbocycles. The summed E-state index contributed by atoms with van der Waals surface area (Å²) in [5.74, 6) is 0.707. The van der Waals surface area contributed by atoms with Crippen molar-refractivity contribution in [1.29, 1.82) is 0 Å². The molecule has 0 saturated carbocycles. The summed E-state index contributed by atoms with van der Waals surface area (Å²) in [6, 6.07) is 8.54. The summed E-state index contributed by atoms with van der Waals surface area (Å²) >= 11 is 0. The van der Waals surface area contributed by atoms with Gasteiger partial charge < -0.3 is 10.1 Å². The van der Waals surface area contributed by atoms with Crippen molar-refractivity contribution in [1.82, 2.24) is 5.32 Å². The lowest BCUT2D eigenvalue weighted by Gasteiger charge is -2.22. The first kappa shape index (κ1) is 11.6. The zero-order valence-electron chi connectivity index (χ0n) is 10.0. The Morgan fingerprint density at radius 1 is 1.44 bits per heavy atom. The van der Waals surface area contributed by atoms with Crippen LogP contribution < -0.4 is 5.32 Å². The minimum Gasteiger partial charge on any atom is -0.376 e. The Morgan fingerprint density at radius 2 is 2.38 bits per heavy atom. The number of ether oxygens (including phenoxy) is 1. The molecule has 1 aromatic rings. The largest absolute Gasteiger partial charge is 0.376 e. The van der Waals surface area contributed by atoms with E-state index in [1.165, 1.54) is 30.5 Å². The van der Waals surface area contributed by atoms with Gasteiger partial charge in [0, 0.05) is 6.54 Å². The molecule has 0 spiro atoms. The van der Waals surface area contributed by atoms with E-state index in [1.807, 2.05) is 0 Å². The van der Waals surface area contributed by atoms with Crippen LogP contribution in [-0.2, 0) is 11.3 Å². The fourth-order valence-electron chi connectivity index (χ4n) is 2.21. The van der Waals surface area contributed by atoms with Crippen LogP contribution in [0, 0.1) is 12.8 Å². The highest BCUT2D eigenvalue weighted by Crippen LogP contribution is 2.12. The second kappa shape index (κ2) is 6.02. The molecule has 0 radical (unpaired) electrons. The van der Waals surface area contributed by atoms with Crippen molar-refractivity contribution < 1.29 is 4.74 Å². The standard InChI is InChI=1S/C14H21NO/c1-12-4-2-5-13(8-12)10-16-11-14-6-3-7-15-9-14/h2,4-5,8,14-15H,3,6-7,9-11H2,1H3. The van der Waals surface area contributed by atoms with Gasteiger partial charge in [-0.3, -0.25) is 0 Å². The van der Waals surface area contributed by atoms with Gasteiger partial charge in [-0.1, -0.05) is 29.8 Å². The fourth-order valence-corrected chi connectivity index (χ4v) is 2.21. The number of piperidine rings is 1. The molecule has 1 saturated heterocycles. The van der Waals surface area contributed by atoms with Crippen molar-refractivity contribution in [3.8, 4) is 0 Å². The van der Waals surface area contributed by atoms with E-state index in [0.717, 1.165) is 19.8 Å². The van der Waals surface area contributed by atoms with Gasteiger partial charge in [0.05, 0.1) is 13.2 Å². The summed E-state index contributed by atoms with van der Waals surface area (Å²) in [5.41, 5.74) is 2.59. The first-order valence-electron chi connectivity index (χ1n) is 6.18. The van der Waals surface area contributed by atoms with Gasteiger partial charge >= 0.3 is 0 Å². The molecule has 2 heteroatoms. The number of hydrogen-bond donors (Lipinski definition) is 1. The van der Waals surface area contributed by atoms with Crippen LogP contribution in [0.5, 0.6) is 0 Å². The summed E-state index contributed by atoms with van der Waals surface area (Å²) in [5, 5.41) is 3.41. The normalized spacial score (nSPS) is 20.9. The first-order valence-corrected chi connectivity index (χ1v) is 6.18. The van der Waals surface area contributed by atoms with Crippen LogP contribution >= 0.6 is 0 Å². The summed E-state index contributed by atoms with van der Waals surface area (Å²) in [7, 11) is 0. The minimum absolute atomic E-state index is 0.707. The Bertz CT molecular complexity index is 318. The molecular formula is C14H21NO. The molecule has 1 atom stereocenters. The second-order valence-corrected chi connectivity index (χ2v) is 4.72. The molecular weight excluding hydrogens is 198 g/mol. The van der Waals surface area contributed by atoms with Gasteiger partial charge in [0.2, 0.25) is 0 Å². The van der Waals surface area contributed by atoms with E-state index < -0.39 is 0 Å². The Kier molecular flexibility index (Phi) is 4.37. The molecule has 1 aromatic carbocycles. The zero-order chi connectivity index (χ0) is 11.2. The van der Waals surface area contributed by atoms with E-state index in [0.29, 0.717) is 5.92 Å². The predicted octanol–water partition coefficient (Wildman–Crippen LogP) is 2.51. The van der Waals surface area contributed by atoms with Gasteiger partial charge in [0.1, 0.15) is 0 Å². The Balaban J connectivity index is 1.71. The Morgan fingerprint density at radius 3 is 3.12 bits per heavy atom. The lowest BCUT2D eigenvalue weighted by atomic mass is 10.0. The lowest BCUT2D eigenvalue weighted by molar-refractivity contribution is 0.0783. The van der Waals surface area contributed by atoms with Crippen LogP contribution in [0.4, 0.5) is 0 Å². The molecule has 0 aromatic heterocycles. The van der Waals surface area contributed by atoms with Crippen LogP contribution in [0.2, 0.25) is 0 Å². The zero-order valence-corrected chi connectivity index (χ0v) is 10.0. The van der Waals surface area contributed by atoms with Crippen LogP contribution in [0.25, 0.3) is 0 Å². The molecule has 1 unspecified atom stereocenters. The molecule has 88 valence electrons. The maximum absolute atomic E-state index is 5.77. The first-order chi connectivity index (χ1) is 7.84. The van der Waals surface area contributed by atoms with E-state index in [4.69, 9.17) is 4.74 Å². The quantitative estimate of drug-likeness (QED) is 0.840. The minimum atomic E-state index is 0.707. The maximum atomic E-state index is 5.77. The van der Waals surface area contributed by atoms with Crippen molar-refractivity contribution in [3.05, 3.63) is 35.4 Å². The number of aryl methyl sites for hydroxylation is 1. The average Bonchev–Trinajstić information content (AvgIpc) is 2.30. The smallest absolute Gasteiger partial charge is 0.0717 e. The number of rotatable bonds is 4. The van der Waals surface area contributed by atoms with E-state index in [1.54, 1.807) is 0 Å². The molecule has 0 bridgehead atoms. The third kappa shape index (κ3) is 3.62. The summed E-state index contributed by atoms with van der Waals surface area (Å²) in [6.45, 7) is 6.05. The molecule has 0 amide bonds. The third-order valence-corrected chi connectivity index (χ3v) is 3.10. The highest BCUT2D eigenvalue weighted by Gasteiger charge is 2.12. The van der Waals surface area contributed by atoms with E-state index in [-0.39, 0.29) is 0 Å². The van der Waals surface area contributed by atoms with Crippen LogP contribution in [0.3, 0.4) is 0 Å². The maximum Gasteiger partial charge on any atom is 0.0717 e. The fraction of sp³-hybridized carbons (Fsp3) is 0.571. The van der Waals surface area contributed by atoms with Crippen molar-refractivity contribution in [3.63, 3.8) is 0 Å². The monoisotopic (exact) mass is 219 g/mol. The average molecular weight is 219 g/mol. The molecule has 1 fully saturated rings. The van der Waals surface area contributed by atoms with Gasteiger partial charge in [-0.25, -0.2) is 0 Å². The van der Waals surface area contributed by atoms with E-state index in [9.17, 15) is 0 Å². The molecule has 1 aliphatic heterocycles. The SMILES string of the molecule is Cc1cccc(COCC2CCCNC2)c1. The molecule has 1 N–H and O–H groups in total. The van der Waals surface area contributed by atoms with Crippen LogP contribution in [0.15, 0.2) is 24.3 Å². The summed E-state index contributed by atoms with van der Waals surface area (Å²) in [6.07, 6.45) is 2.60. The van der Waals surface area contributed by atoms with E-state index in [2.05, 4.69) is 36.5 Å². The number of benzene rings is 1. The molecule has 2 rings (SSSR count). The van der Waals surface area contributed by atoms with Crippen molar-refractivity contribution in [2.24, 2.45) is 5.92 Å². The highest BCUT2D eigenvalue weighted by atomic mass is 16.5. The Labute approximate surface area is 98.0 Å². The molecule has 1 aliphatic rings. The Hall–Kier alpha value is -0.860. The number of nitrogens with one attached hydrogen (secondary N) is 1. The van der Waals surface area contributed by atoms with Gasteiger partial charge in [-0.15, -0.1) is 0 Å². The van der Waals surface area contributed by atoms with Crippen molar-refractivity contribution in [2.75, 3.05) is 19.7 Å². The highest BCUT2D eigenvalue weighted by molar-refractivity contribution is 5.21. The third-order valence-electron chi connectivity index (χ3n) is 3.10. The van der Waals surface area contributed by atoms with E-state index >= 15 is 0 Å². The van der Waals surface area contributed by atoms with Gasteiger partial charge in [-0.2, -0.15) is 0 Å². The molecule has 16 heavy (non-hydrogen) atoms. The number of hydrogen-bond acceptors (Lipinski definition) is 2. The summed E-state index contributed by atoms with van der Waals surface area (Å²) < 4.78 is 5.77.